The van der Waals surface area contributed by atoms with Crippen LogP contribution in [-0.2, 0) is 11.2 Å². The van der Waals surface area contributed by atoms with Crippen molar-refractivity contribution in [3.63, 3.8) is 0 Å². The van der Waals surface area contributed by atoms with Gasteiger partial charge in [0.25, 0.3) is 0 Å². The smallest absolute Gasteiger partial charge is 0.234 e. The molecular weight excluding hydrogens is 325 g/mol. The van der Waals surface area contributed by atoms with Crippen molar-refractivity contribution in [1.29, 1.82) is 0 Å². The summed E-state index contributed by atoms with van der Waals surface area (Å²) in [6, 6.07) is 26.1. The van der Waals surface area contributed by atoms with Gasteiger partial charge in [0.2, 0.25) is 5.91 Å². The minimum absolute atomic E-state index is 0.0597. The monoisotopic (exact) mass is 347 g/mol. The zero-order valence-electron chi connectivity index (χ0n) is 14.8. The third-order valence-corrected chi connectivity index (χ3v) is 4.54. The summed E-state index contributed by atoms with van der Waals surface area (Å²) in [5.41, 5.74) is 2.98. The van der Waals surface area contributed by atoms with Crippen molar-refractivity contribution >= 4 is 5.91 Å². The number of halogens is 1. The summed E-state index contributed by atoms with van der Waals surface area (Å²) in [6.07, 6.45) is 0.693. The highest BCUT2D eigenvalue weighted by Gasteiger charge is 2.25. The summed E-state index contributed by atoms with van der Waals surface area (Å²) in [5, 5.41) is 0. The average molecular weight is 347 g/mol. The summed E-state index contributed by atoms with van der Waals surface area (Å²) in [6.45, 7) is 0.584. The van der Waals surface area contributed by atoms with Gasteiger partial charge in [0.1, 0.15) is 5.82 Å². The lowest BCUT2D eigenvalue weighted by molar-refractivity contribution is -0.130. The van der Waals surface area contributed by atoms with Crippen LogP contribution in [0.5, 0.6) is 0 Å². The normalized spacial score (nSPS) is 10.7. The molecule has 0 aliphatic heterocycles. The number of carbonyl (C=O) groups excluding carboxylic acids is 1. The van der Waals surface area contributed by atoms with Crippen LogP contribution in [0.15, 0.2) is 84.9 Å². The number of likely N-dealkylation sites (N-methyl/N-ethyl adjacent to an activating group) is 1. The van der Waals surface area contributed by atoms with E-state index in [1.165, 1.54) is 12.1 Å². The SMILES string of the molecule is CN(CCc1ccc(F)cc1)C(=O)C(c1ccccc1)c1ccccc1. The Bertz CT molecular complexity index is 792. The predicted molar refractivity (Wildman–Crippen MR) is 102 cm³/mol. The fraction of sp³-hybridized carbons (Fsp3) is 0.174. The van der Waals surface area contributed by atoms with E-state index in [-0.39, 0.29) is 17.6 Å². The molecule has 3 aromatic rings. The second kappa shape index (κ2) is 8.43. The van der Waals surface area contributed by atoms with Crippen LogP contribution in [0.1, 0.15) is 22.6 Å². The molecule has 0 spiro atoms. The van der Waals surface area contributed by atoms with Gasteiger partial charge < -0.3 is 4.90 Å². The van der Waals surface area contributed by atoms with Gasteiger partial charge in [0, 0.05) is 13.6 Å². The molecule has 0 aromatic heterocycles. The molecule has 0 aliphatic rings. The van der Waals surface area contributed by atoms with Crippen LogP contribution in [0.2, 0.25) is 0 Å². The standard InChI is InChI=1S/C23H22FNO/c1-25(17-16-18-12-14-21(24)15-13-18)23(26)22(19-8-4-2-5-9-19)20-10-6-3-7-11-20/h2-15,22H,16-17H2,1H3. The maximum atomic E-state index is 13.2. The highest BCUT2D eigenvalue weighted by molar-refractivity contribution is 5.87. The maximum Gasteiger partial charge on any atom is 0.234 e. The molecule has 0 heterocycles. The van der Waals surface area contributed by atoms with Crippen molar-refractivity contribution < 1.29 is 9.18 Å². The van der Waals surface area contributed by atoms with E-state index in [0.29, 0.717) is 13.0 Å². The molecule has 2 nitrogen and oxygen atoms in total. The highest BCUT2D eigenvalue weighted by Crippen LogP contribution is 2.26. The fourth-order valence-corrected chi connectivity index (χ4v) is 3.05. The molecule has 1 amide bonds. The van der Waals surface area contributed by atoms with Crippen LogP contribution >= 0.6 is 0 Å². The Hall–Kier alpha value is -2.94. The zero-order chi connectivity index (χ0) is 18.4. The first-order chi connectivity index (χ1) is 12.6. The molecular formula is C23H22FNO. The van der Waals surface area contributed by atoms with E-state index in [1.54, 1.807) is 17.0 Å². The Balaban J connectivity index is 1.77. The molecule has 0 fully saturated rings. The predicted octanol–water partition coefficient (Wildman–Crippen LogP) is 4.66. The van der Waals surface area contributed by atoms with Gasteiger partial charge in [0.05, 0.1) is 5.92 Å². The Morgan fingerprint density at radius 3 is 1.85 bits per heavy atom. The third kappa shape index (κ3) is 4.37. The number of benzene rings is 3. The van der Waals surface area contributed by atoms with Gasteiger partial charge in [0.15, 0.2) is 0 Å². The molecule has 3 rings (SSSR count). The molecule has 0 saturated heterocycles. The first-order valence-electron chi connectivity index (χ1n) is 8.74. The second-order valence-electron chi connectivity index (χ2n) is 6.39. The minimum Gasteiger partial charge on any atom is -0.345 e. The van der Waals surface area contributed by atoms with Gasteiger partial charge in [-0.15, -0.1) is 0 Å². The van der Waals surface area contributed by atoms with E-state index in [2.05, 4.69) is 0 Å². The summed E-state index contributed by atoms with van der Waals surface area (Å²) in [7, 11) is 1.82. The first-order valence-corrected chi connectivity index (χ1v) is 8.74. The molecule has 0 N–H and O–H groups in total. The fourth-order valence-electron chi connectivity index (χ4n) is 3.05. The average Bonchev–Trinajstić information content (AvgIpc) is 2.69. The third-order valence-electron chi connectivity index (χ3n) is 4.54. The Morgan fingerprint density at radius 1 is 0.846 bits per heavy atom. The van der Waals surface area contributed by atoms with E-state index in [0.717, 1.165) is 16.7 Å². The summed E-state index contributed by atoms with van der Waals surface area (Å²) >= 11 is 0. The molecule has 0 atom stereocenters. The molecule has 26 heavy (non-hydrogen) atoms. The Morgan fingerprint density at radius 2 is 1.35 bits per heavy atom. The first kappa shape index (κ1) is 17.9. The summed E-state index contributed by atoms with van der Waals surface area (Å²) in [4.78, 5) is 14.9. The number of hydrogen-bond acceptors (Lipinski definition) is 1. The Kier molecular flexibility index (Phi) is 5.80. The van der Waals surface area contributed by atoms with E-state index >= 15 is 0 Å². The van der Waals surface area contributed by atoms with Gasteiger partial charge in [-0.2, -0.15) is 0 Å². The molecule has 0 radical (unpaired) electrons. The van der Waals surface area contributed by atoms with Crippen LogP contribution in [0.25, 0.3) is 0 Å². The number of amides is 1. The van der Waals surface area contributed by atoms with Crippen molar-refractivity contribution in [3.8, 4) is 0 Å². The number of hydrogen-bond donors (Lipinski definition) is 0. The van der Waals surface area contributed by atoms with Gasteiger partial charge in [-0.05, 0) is 35.2 Å². The molecule has 3 aromatic carbocycles. The summed E-state index contributed by atoms with van der Waals surface area (Å²) < 4.78 is 13.0. The van der Waals surface area contributed by atoms with E-state index < -0.39 is 0 Å². The van der Waals surface area contributed by atoms with Crippen LogP contribution in [0.3, 0.4) is 0 Å². The highest BCUT2D eigenvalue weighted by atomic mass is 19.1. The van der Waals surface area contributed by atoms with Crippen molar-refractivity contribution in [2.75, 3.05) is 13.6 Å². The largest absolute Gasteiger partial charge is 0.345 e. The second-order valence-corrected chi connectivity index (χ2v) is 6.39. The van der Waals surface area contributed by atoms with Gasteiger partial charge in [-0.25, -0.2) is 4.39 Å². The molecule has 0 aliphatic carbocycles. The number of nitrogens with zero attached hydrogens (tertiary/aromatic N) is 1. The van der Waals surface area contributed by atoms with Crippen LogP contribution in [-0.4, -0.2) is 24.4 Å². The lowest BCUT2D eigenvalue weighted by Crippen LogP contribution is -2.33. The van der Waals surface area contributed by atoms with Crippen LogP contribution in [0, 0.1) is 5.82 Å². The summed E-state index contributed by atoms with van der Waals surface area (Å²) in [5.74, 6) is -0.508. The van der Waals surface area contributed by atoms with E-state index in [9.17, 15) is 9.18 Å². The lowest BCUT2D eigenvalue weighted by Gasteiger charge is -2.24. The quantitative estimate of drug-likeness (QED) is 0.635. The topological polar surface area (TPSA) is 20.3 Å². The van der Waals surface area contributed by atoms with Crippen molar-refractivity contribution in [1.82, 2.24) is 4.90 Å². The molecule has 0 saturated carbocycles. The maximum absolute atomic E-state index is 13.2. The molecule has 0 unspecified atom stereocenters. The van der Waals surface area contributed by atoms with Crippen molar-refractivity contribution in [3.05, 3.63) is 107 Å². The molecule has 132 valence electrons. The number of carbonyl (C=O) groups is 1. The van der Waals surface area contributed by atoms with E-state index in [1.807, 2.05) is 67.7 Å². The van der Waals surface area contributed by atoms with Gasteiger partial charge in [-0.1, -0.05) is 72.8 Å². The zero-order valence-corrected chi connectivity index (χ0v) is 14.8. The van der Waals surface area contributed by atoms with Crippen molar-refractivity contribution in [2.45, 2.75) is 12.3 Å². The lowest BCUT2D eigenvalue weighted by atomic mass is 9.90. The van der Waals surface area contributed by atoms with Crippen molar-refractivity contribution in [2.24, 2.45) is 0 Å². The van der Waals surface area contributed by atoms with Crippen LogP contribution in [0.4, 0.5) is 4.39 Å². The Labute approximate surface area is 153 Å². The van der Waals surface area contributed by atoms with Gasteiger partial charge in [-0.3, -0.25) is 4.79 Å². The minimum atomic E-state index is -0.324. The molecule has 0 bridgehead atoms. The van der Waals surface area contributed by atoms with E-state index in [4.69, 9.17) is 0 Å². The van der Waals surface area contributed by atoms with Gasteiger partial charge >= 0.3 is 0 Å². The van der Waals surface area contributed by atoms with Crippen LogP contribution < -0.4 is 0 Å². The molecule has 3 heteroatoms. The number of rotatable bonds is 6.